The first-order valence-electron chi connectivity index (χ1n) is 6.30. The zero-order valence-electron chi connectivity index (χ0n) is 11.1. The van der Waals surface area contributed by atoms with Crippen LogP contribution in [0.4, 0.5) is 0 Å². The molecule has 0 radical (unpaired) electrons. The zero-order chi connectivity index (χ0) is 14.7. The standard InChI is InChI=1S/C14H11N3O3S/c1-2-19-13(18)11-16-17-14(20-11)21-12-10-6-4-3-5-9(10)7-8-15-12/h3-8H,2H2,1H3. The maximum atomic E-state index is 11.5. The SMILES string of the molecule is CCOC(=O)c1nnc(Sc2nccc3ccccc23)o1. The van der Waals surface area contributed by atoms with Crippen molar-refractivity contribution >= 4 is 28.5 Å². The van der Waals surface area contributed by atoms with Crippen molar-refractivity contribution in [3.63, 3.8) is 0 Å². The van der Waals surface area contributed by atoms with Gasteiger partial charge in [-0.3, -0.25) is 0 Å². The Labute approximate surface area is 124 Å². The number of carbonyl (C=O) groups excluding carboxylic acids is 1. The van der Waals surface area contributed by atoms with Crippen molar-refractivity contribution < 1.29 is 13.9 Å². The van der Waals surface area contributed by atoms with Gasteiger partial charge in [-0.05, 0) is 30.1 Å². The molecular formula is C14H11N3O3S. The van der Waals surface area contributed by atoms with Gasteiger partial charge in [-0.25, -0.2) is 9.78 Å². The predicted octanol–water partition coefficient (Wildman–Crippen LogP) is 2.95. The van der Waals surface area contributed by atoms with E-state index < -0.39 is 5.97 Å². The number of esters is 1. The highest BCUT2D eigenvalue weighted by Gasteiger charge is 2.17. The second-order valence-electron chi connectivity index (χ2n) is 4.03. The molecule has 21 heavy (non-hydrogen) atoms. The first-order valence-corrected chi connectivity index (χ1v) is 7.12. The first kappa shape index (κ1) is 13.6. The highest BCUT2D eigenvalue weighted by molar-refractivity contribution is 7.99. The van der Waals surface area contributed by atoms with Gasteiger partial charge in [0.2, 0.25) is 0 Å². The minimum Gasteiger partial charge on any atom is -0.459 e. The summed E-state index contributed by atoms with van der Waals surface area (Å²) in [6.07, 6.45) is 1.72. The Morgan fingerprint density at radius 3 is 3.00 bits per heavy atom. The molecule has 0 N–H and O–H groups in total. The smallest absolute Gasteiger partial charge is 0.396 e. The van der Waals surface area contributed by atoms with Crippen molar-refractivity contribution in [3.05, 3.63) is 42.4 Å². The zero-order valence-corrected chi connectivity index (χ0v) is 12.0. The summed E-state index contributed by atoms with van der Waals surface area (Å²) in [5.74, 6) is -0.776. The van der Waals surface area contributed by atoms with E-state index in [1.807, 2.05) is 30.3 Å². The summed E-state index contributed by atoms with van der Waals surface area (Å²) in [5, 5.41) is 10.5. The minimum absolute atomic E-state index is 0.153. The molecule has 3 aromatic rings. The van der Waals surface area contributed by atoms with E-state index in [-0.39, 0.29) is 17.7 Å². The van der Waals surface area contributed by atoms with Gasteiger partial charge >= 0.3 is 11.9 Å². The lowest BCUT2D eigenvalue weighted by molar-refractivity contribution is 0.0475. The number of ether oxygens (including phenoxy) is 1. The number of hydrogen-bond donors (Lipinski definition) is 0. The molecule has 0 aliphatic carbocycles. The average molecular weight is 301 g/mol. The van der Waals surface area contributed by atoms with Crippen LogP contribution in [0.3, 0.4) is 0 Å². The van der Waals surface area contributed by atoms with Gasteiger partial charge in [-0.1, -0.05) is 29.4 Å². The van der Waals surface area contributed by atoms with Gasteiger partial charge < -0.3 is 9.15 Å². The van der Waals surface area contributed by atoms with E-state index in [9.17, 15) is 4.79 Å². The van der Waals surface area contributed by atoms with Crippen LogP contribution < -0.4 is 0 Å². The molecule has 2 aromatic heterocycles. The largest absolute Gasteiger partial charge is 0.459 e. The number of fused-ring (bicyclic) bond motifs is 1. The molecule has 1 aromatic carbocycles. The van der Waals surface area contributed by atoms with E-state index in [0.717, 1.165) is 15.8 Å². The predicted molar refractivity (Wildman–Crippen MR) is 76.1 cm³/mol. The van der Waals surface area contributed by atoms with E-state index in [2.05, 4.69) is 15.2 Å². The van der Waals surface area contributed by atoms with Gasteiger partial charge in [0.25, 0.3) is 5.22 Å². The molecule has 0 aliphatic heterocycles. The fraction of sp³-hybridized carbons (Fsp3) is 0.143. The molecule has 0 bridgehead atoms. The molecule has 6 nitrogen and oxygen atoms in total. The number of benzene rings is 1. The minimum atomic E-state index is -0.622. The van der Waals surface area contributed by atoms with Crippen LogP contribution in [0.1, 0.15) is 17.6 Å². The maximum absolute atomic E-state index is 11.5. The Bertz CT molecular complexity index is 782. The second-order valence-corrected chi connectivity index (χ2v) is 4.97. The summed E-state index contributed by atoms with van der Waals surface area (Å²) >= 11 is 1.21. The Morgan fingerprint density at radius 1 is 1.29 bits per heavy atom. The molecule has 0 unspecified atom stereocenters. The number of hydrogen-bond acceptors (Lipinski definition) is 7. The summed E-state index contributed by atoms with van der Waals surface area (Å²) in [6, 6.07) is 9.79. The molecule has 106 valence electrons. The Hall–Kier alpha value is -2.41. The molecule has 3 rings (SSSR count). The Kier molecular flexibility index (Phi) is 3.83. The monoisotopic (exact) mass is 301 g/mol. The van der Waals surface area contributed by atoms with E-state index in [1.54, 1.807) is 13.1 Å². The van der Waals surface area contributed by atoms with Crippen LogP contribution >= 0.6 is 11.8 Å². The van der Waals surface area contributed by atoms with Crippen molar-refractivity contribution in [1.29, 1.82) is 0 Å². The van der Waals surface area contributed by atoms with Gasteiger partial charge in [0.15, 0.2) is 0 Å². The molecular weight excluding hydrogens is 290 g/mol. The molecule has 0 spiro atoms. The van der Waals surface area contributed by atoms with Crippen LogP contribution in [-0.4, -0.2) is 27.8 Å². The van der Waals surface area contributed by atoms with E-state index in [1.165, 1.54) is 11.8 Å². The van der Waals surface area contributed by atoms with Crippen molar-refractivity contribution in [2.24, 2.45) is 0 Å². The Balaban J connectivity index is 1.87. The van der Waals surface area contributed by atoms with Crippen LogP contribution in [0.25, 0.3) is 10.8 Å². The summed E-state index contributed by atoms with van der Waals surface area (Å²) in [7, 11) is 0. The van der Waals surface area contributed by atoms with E-state index >= 15 is 0 Å². The summed E-state index contributed by atoms with van der Waals surface area (Å²) in [6.45, 7) is 1.97. The van der Waals surface area contributed by atoms with Gasteiger partial charge in [0.1, 0.15) is 5.03 Å². The number of rotatable bonds is 4. The van der Waals surface area contributed by atoms with Crippen LogP contribution in [0.15, 0.2) is 51.2 Å². The van der Waals surface area contributed by atoms with Gasteiger partial charge in [-0.15, -0.1) is 5.10 Å². The lowest BCUT2D eigenvalue weighted by Crippen LogP contribution is -2.04. The third kappa shape index (κ3) is 2.87. The molecule has 0 fully saturated rings. The van der Waals surface area contributed by atoms with Gasteiger partial charge in [-0.2, -0.15) is 0 Å². The molecule has 0 saturated heterocycles. The molecule has 0 amide bonds. The van der Waals surface area contributed by atoms with Gasteiger partial charge in [0.05, 0.1) is 6.61 Å². The van der Waals surface area contributed by atoms with Gasteiger partial charge in [0, 0.05) is 11.6 Å². The van der Waals surface area contributed by atoms with Crippen LogP contribution in [0, 0.1) is 0 Å². The summed E-state index contributed by atoms with van der Waals surface area (Å²) in [5.41, 5.74) is 0. The second kappa shape index (κ2) is 5.92. The highest BCUT2D eigenvalue weighted by Crippen LogP contribution is 2.30. The van der Waals surface area contributed by atoms with E-state index in [4.69, 9.17) is 9.15 Å². The lowest BCUT2D eigenvalue weighted by Gasteiger charge is -2.01. The number of carbonyl (C=O) groups is 1. The average Bonchev–Trinajstić information content (AvgIpc) is 2.97. The molecule has 0 saturated carbocycles. The molecule has 7 heteroatoms. The third-order valence-corrected chi connectivity index (χ3v) is 3.54. The van der Waals surface area contributed by atoms with Crippen LogP contribution in [0.2, 0.25) is 0 Å². The van der Waals surface area contributed by atoms with Crippen LogP contribution in [-0.2, 0) is 4.74 Å². The lowest BCUT2D eigenvalue weighted by atomic mass is 10.2. The number of nitrogens with zero attached hydrogens (tertiary/aromatic N) is 3. The summed E-state index contributed by atoms with van der Waals surface area (Å²) < 4.78 is 10.1. The maximum Gasteiger partial charge on any atom is 0.396 e. The fourth-order valence-corrected chi connectivity index (χ4v) is 2.56. The Morgan fingerprint density at radius 2 is 2.14 bits per heavy atom. The highest BCUT2D eigenvalue weighted by atomic mass is 32.2. The van der Waals surface area contributed by atoms with Crippen molar-refractivity contribution in [3.8, 4) is 0 Å². The van der Waals surface area contributed by atoms with E-state index in [0.29, 0.717) is 0 Å². The van der Waals surface area contributed by atoms with Crippen LogP contribution in [0.5, 0.6) is 0 Å². The number of pyridine rings is 1. The quantitative estimate of drug-likeness (QED) is 0.685. The van der Waals surface area contributed by atoms with Crippen molar-refractivity contribution in [1.82, 2.24) is 15.2 Å². The molecule has 2 heterocycles. The summed E-state index contributed by atoms with van der Waals surface area (Å²) in [4.78, 5) is 15.8. The topological polar surface area (TPSA) is 78.1 Å². The molecule has 0 atom stereocenters. The van der Waals surface area contributed by atoms with Crippen molar-refractivity contribution in [2.75, 3.05) is 6.61 Å². The number of aromatic nitrogens is 3. The normalized spacial score (nSPS) is 10.7. The van der Waals surface area contributed by atoms with Crippen molar-refractivity contribution in [2.45, 2.75) is 17.2 Å². The fourth-order valence-electron chi connectivity index (χ4n) is 1.78. The third-order valence-electron chi connectivity index (χ3n) is 2.68. The first-order chi connectivity index (χ1) is 10.3. The molecule has 0 aliphatic rings.